The lowest BCUT2D eigenvalue weighted by Crippen LogP contribution is -2.33. The first-order valence-electron chi connectivity index (χ1n) is 6.91. The predicted molar refractivity (Wildman–Crippen MR) is 79.4 cm³/mol. The Morgan fingerprint density at radius 2 is 2.16 bits per heavy atom. The van der Waals surface area contributed by atoms with Crippen LogP contribution in [0.25, 0.3) is 10.9 Å². The smallest absolute Gasteiger partial charge is 0.0843 e. The van der Waals surface area contributed by atoms with E-state index in [2.05, 4.69) is 41.2 Å². The van der Waals surface area contributed by atoms with Crippen LogP contribution in [0.1, 0.15) is 19.0 Å². The van der Waals surface area contributed by atoms with Crippen molar-refractivity contribution in [2.75, 3.05) is 12.4 Å². The summed E-state index contributed by atoms with van der Waals surface area (Å²) in [6.07, 6.45) is 1.24. The Labute approximate surface area is 119 Å². The summed E-state index contributed by atoms with van der Waals surface area (Å²) in [6, 6.07) is 8.92. The zero-order valence-corrected chi connectivity index (χ0v) is 12.3. The van der Waals surface area contributed by atoms with Gasteiger partial charge in [0, 0.05) is 30.9 Å². The van der Waals surface area contributed by atoms with Crippen molar-refractivity contribution in [1.29, 1.82) is 0 Å². The number of benzene rings is 1. The van der Waals surface area contributed by atoms with Crippen molar-refractivity contribution in [3.63, 3.8) is 0 Å². The topological polar surface area (TPSA) is 21.1 Å². The Hall–Kier alpha value is -1.06. The first kappa shape index (κ1) is 12.9. The highest BCUT2D eigenvalue weighted by Gasteiger charge is 2.31. The first-order valence-corrected chi connectivity index (χ1v) is 7.44. The molecule has 4 heteroatoms. The second kappa shape index (κ2) is 5.14. The maximum absolute atomic E-state index is 6.12. The van der Waals surface area contributed by atoms with E-state index in [0.717, 1.165) is 13.1 Å². The summed E-state index contributed by atoms with van der Waals surface area (Å²) >= 11 is 6.12. The van der Waals surface area contributed by atoms with Gasteiger partial charge in [-0.2, -0.15) is 5.10 Å². The van der Waals surface area contributed by atoms with Crippen LogP contribution in [0.2, 0.25) is 0 Å². The molecule has 0 amide bonds. The highest BCUT2D eigenvalue weighted by atomic mass is 35.5. The number of aromatic nitrogens is 2. The average Bonchev–Trinajstić information content (AvgIpc) is 2.92. The van der Waals surface area contributed by atoms with E-state index < -0.39 is 0 Å². The summed E-state index contributed by atoms with van der Waals surface area (Å²) < 4.78 is 1.97. The minimum atomic E-state index is 0.488. The lowest BCUT2D eigenvalue weighted by Gasteiger charge is -2.24. The van der Waals surface area contributed by atoms with Gasteiger partial charge < -0.3 is 0 Å². The number of fused-ring (bicyclic) bond motifs is 1. The monoisotopic (exact) mass is 277 g/mol. The summed E-state index contributed by atoms with van der Waals surface area (Å²) in [4.78, 5) is 2.48. The molecular weight excluding hydrogens is 258 g/mol. The molecule has 19 heavy (non-hydrogen) atoms. The van der Waals surface area contributed by atoms with Gasteiger partial charge in [0.05, 0.1) is 11.2 Å². The highest BCUT2D eigenvalue weighted by molar-refractivity contribution is 6.18. The van der Waals surface area contributed by atoms with Crippen molar-refractivity contribution in [2.24, 2.45) is 13.0 Å². The molecule has 0 radical (unpaired) electrons. The zero-order valence-electron chi connectivity index (χ0n) is 11.5. The number of rotatable bonds is 3. The molecule has 1 saturated heterocycles. The fourth-order valence-electron chi connectivity index (χ4n) is 3.13. The SMILES string of the molecule is CC1CCN(Cc2nn(C)c3ccccc23)C1CCl. The largest absolute Gasteiger partial charge is 0.293 e. The Morgan fingerprint density at radius 3 is 2.95 bits per heavy atom. The summed E-state index contributed by atoms with van der Waals surface area (Å²) in [5, 5.41) is 5.94. The van der Waals surface area contributed by atoms with Gasteiger partial charge in [-0.05, 0) is 24.9 Å². The lowest BCUT2D eigenvalue weighted by molar-refractivity contribution is 0.239. The van der Waals surface area contributed by atoms with Crippen LogP contribution >= 0.6 is 11.6 Å². The maximum Gasteiger partial charge on any atom is 0.0843 e. The van der Waals surface area contributed by atoms with Gasteiger partial charge in [-0.25, -0.2) is 0 Å². The number of para-hydroxylation sites is 1. The second-order valence-electron chi connectivity index (χ2n) is 5.55. The Kier molecular flexibility index (Phi) is 3.50. The van der Waals surface area contributed by atoms with Crippen molar-refractivity contribution in [2.45, 2.75) is 25.9 Å². The van der Waals surface area contributed by atoms with Crippen molar-refractivity contribution in [3.05, 3.63) is 30.0 Å². The van der Waals surface area contributed by atoms with E-state index in [1.165, 1.54) is 23.0 Å². The number of hydrogen-bond acceptors (Lipinski definition) is 2. The van der Waals surface area contributed by atoms with Gasteiger partial charge in [0.1, 0.15) is 0 Å². The molecule has 2 unspecified atom stereocenters. The molecule has 0 bridgehead atoms. The van der Waals surface area contributed by atoms with Crippen LogP contribution in [0.4, 0.5) is 0 Å². The number of hydrogen-bond donors (Lipinski definition) is 0. The number of halogens is 1. The van der Waals surface area contributed by atoms with Gasteiger partial charge in [0.25, 0.3) is 0 Å². The summed E-state index contributed by atoms with van der Waals surface area (Å²) in [7, 11) is 2.01. The van der Waals surface area contributed by atoms with Crippen molar-refractivity contribution >= 4 is 22.5 Å². The number of aryl methyl sites for hydroxylation is 1. The molecule has 0 aliphatic carbocycles. The van der Waals surface area contributed by atoms with Gasteiger partial charge >= 0.3 is 0 Å². The van der Waals surface area contributed by atoms with Crippen molar-refractivity contribution < 1.29 is 0 Å². The molecule has 3 nitrogen and oxygen atoms in total. The predicted octanol–water partition coefficient (Wildman–Crippen LogP) is 3.02. The van der Waals surface area contributed by atoms with Crippen LogP contribution in [0.5, 0.6) is 0 Å². The molecule has 0 spiro atoms. The second-order valence-corrected chi connectivity index (χ2v) is 5.85. The number of alkyl halides is 1. The molecule has 3 rings (SSSR count). The van der Waals surface area contributed by atoms with Crippen LogP contribution in [-0.2, 0) is 13.6 Å². The van der Waals surface area contributed by atoms with Crippen LogP contribution in [0, 0.1) is 5.92 Å². The van der Waals surface area contributed by atoms with Gasteiger partial charge in [-0.3, -0.25) is 9.58 Å². The minimum Gasteiger partial charge on any atom is -0.293 e. The molecule has 2 heterocycles. The van der Waals surface area contributed by atoms with Crippen LogP contribution < -0.4 is 0 Å². The number of nitrogens with zero attached hydrogens (tertiary/aromatic N) is 3. The molecule has 2 atom stereocenters. The Balaban J connectivity index is 1.90. The molecule has 102 valence electrons. The van der Waals surface area contributed by atoms with Gasteiger partial charge in [-0.1, -0.05) is 25.1 Å². The number of likely N-dealkylation sites (tertiary alicyclic amines) is 1. The molecule has 1 aliphatic rings. The molecule has 0 saturated carbocycles. The van der Waals surface area contributed by atoms with Crippen LogP contribution in [-0.4, -0.2) is 33.1 Å². The minimum absolute atomic E-state index is 0.488. The molecule has 1 fully saturated rings. The van der Waals surface area contributed by atoms with Crippen molar-refractivity contribution in [3.8, 4) is 0 Å². The van der Waals surface area contributed by atoms with E-state index in [-0.39, 0.29) is 0 Å². The summed E-state index contributed by atoms with van der Waals surface area (Å²) in [6.45, 7) is 4.33. The average molecular weight is 278 g/mol. The van der Waals surface area contributed by atoms with Crippen LogP contribution in [0.15, 0.2) is 24.3 Å². The van der Waals surface area contributed by atoms with E-state index >= 15 is 0 Å². The fourth-order valence-corrected chi connectivity index (χ4v) is 3.63. The quantitative estimate of drug-likeness (QED) is 0.804. The standard InChI is InChI=1S/C15H20ClN3/c1-11-7-8-19(15(11)9-16)10-13-12-5-3-4-6-14(12)18(2)17-13/h3-6,11,15H,7-10H2,1-2H3. The molecule has 1 aliphatic heterocycles. The van der Waals surface area contributed by atoms with Gasteiger partial charge in [0.15, 0.2) is 0 Å². The third-order valence-electron chi connectivity index (χ3n) is 4.34. The Bertz CT molecular complexity index is 578. The van der Waals surface area contributed by atoms with Gasteiger partial charge in [0.2, 0.25) is 0 Å². The van der Waals surface area contributed by atoms with E-state index in [1.807, 2.05) is 11.7 Å². The van der Waals surface area contributed by atoms with E-state index in [1.54, 1.807) is 0 Å². The molecule has 0 N–H and O–H groups in total. The lowest BCUT2D eigenvalue weighted by atomic mass is 10.0. The Morgan fingerprint density at radius 1 is 1.37 bits per heavy atom. The molecule has 2 aromatic rings. The third kappa shape index (κ3) is 2.26. The van der Waals surface area contributed by atoms with E-state index in [4.69, 9.17) is 11.6 Å². The zero-order chi connectivity index (χ0) is 13.4. The first-order chi connectivity index (χ1) is 9.20. The van der Waals surface area contributed by atoms with Gasteiger partial charge in [-0.15, -0.1) is 11.6 Å². The normalized spacial score (nSPS) is 24.4. The maximum atomic E-state index is 6.12. The van der Waals surface area contributed by atoms with Crippen LogP contribution in [0.3, 0.4) is 0 Å². The highest BCUT2D eigenvalue weighted by Crippen LogP contribution is 2.28. The molecule has 1 aromatic carbocycles. The summed E-state index contributed by atoms with van der Waals surface area (Å²) in [5.74, 6) is 1.40. The van der Waals surface area contributed by atoms with E-state index in [9.17, 15) is 0 Å². The van der Waals surface area contributed by atoms with Crippen molar-refractivity contribution in [1.82, 2.24) is 14.7 Å². The fraction of sp³-hybridized carbons (Fsp3) is 0.533. The van der Waals surface area contributed by atoms with E-state index in [0.29, 0.717) is 17.8 Å². The molecular formula is C15H20ClN3. The summed E-state index contributed by atoms with van der Waals surface area (Å²) in [5.41, 5.74) is 2.37. The third-order valence-corrected chi connectivity index (χ3v) is 4.66. The molecule has 1 aromatic heterocycles.